The number of hydrogen-bond acceptors (Lipinski definition) is 14. The Bertz CT molecular complexity index is 520. The average molecular weight is 528 g/mol. The number of rotatable bonds is 8. The van der Waals surface area contributed by atoms with Crippen molar-refractivity contribution < 1.29 is 222 Å². The molecule has 150 valence electrons. The third kappa shape index (κ3) is 12.6. The van der Waals surface area contributed by atoms with E-state index in [4.69, 9.17) is 10.2 Å². The summed E-state index contributed by atoms with van der Waals surface area (Å²) in [6, 6.07) is 0. The van der Waals surface area contributed by atoms with Crippen molar-refractivity contribution in [3.05, 3.63) is 0 Å². The maximum absolute atomic E-state index is 11.6. The molecule has 1 saturated carbocycles. The second kappa shape index (κ2) is 16.5. The molecule has 28 heavy (non-hydrogen) atoms. The molecule has 0 amide bonds. The van der Waals surface area contributed by atoms with E-state index in [2.05, 4.69) is 13.6 Å². The van der Waals surface area contributed by atoms with Crippen molar-refractivity contribution in [3.63, 3.8) is 0 Å². The van der Waals surface area contributed by atoms with Gasteiger partial charge >= 0.3 is 154 Å². The van der Waals surface area contributed by atoms with Gasteiger partial charge in [0.1, 0.15) is 42.7 Å². The first kappa shape index (κ1) is 37.4. The van der Waals surface area contributed by atoms with Crippen LogP contribution in [-0.4, -0.2) is 86.6 Å². The number of phosphoric ester groups is 2. The van der Waals surface area contributed by atoms with Crippen molar-refractivity contribution in [3.8, 4) is 0 Å². The summed E-state index contributed by atoms with van der Waals surface area (Å²) in [4.78, 5) is 32.7. The minimum Gasteiger partial charge on any atom is -0.790 e. The van der Waals surface area contributed by atoms with Gasteiger partial charge in [0, 0.05) is 0 Å². The Hall–Kier alpha value is 4.89. The molecule has 3 unspecified atom stereocenters. The number of aliphatic hydroxyl groups is 6. The molecule has 1 aliphatic carbocycles. The minimum atomic E-state index is -5.72. The van der Waals surface area contributed by atoms with E-state index >= 15 is 0 Å². The molecule has 1 fully saturated rings. The molecule has 1 rings (SSSR count). The summed E-state index contributed by atoms with van der Waals surface area (Å²) in [5, 5.41) is 56.4. The van der Waals surface area contributed by atoms with Crippen molar-refractivity contribution in [1.29, 1.82) is 0 Å². The van der Waals surface area contributed by atoms with Gasteiger partial charge in [-0.15, -0.1) is 0 Å². The van der Waals surface area contributed by atoms with E-state index in [0.717, 1.165) is 0 Å². The topological polar surface area (TPSA) is 252 Å². The fourth-order valence-electron chi connectivity index (χ4n) is 1.99. The predicted molar refractivity (Wildman–Crippen MR) is 68.0 cm³/mol. The summed E-state index contributed by atoms with van der Waals surface area (Å²) < 4.78 is 34.4. The molecule has 0 aromatic rings. The van der Waals surface area contributed by atoms with Gasteiger partial charge < -0.3 is 63.5 Å². The van der Waals surface area contributed by atoms with E-state index in [-0.39, 0.29) is 154 Å². The number of hydrogen-bond donors (Lipinski definition) is 6. The van der Waals surface area contributed by atoms with Gasteiger partial charge in [-0.2, -0.15) is 0 Å². The van der Waals surface area contributed by atoms with Crippen LogP contribution >= 0.6 is 15.6 Å². The minimum absolute atomic E-state index is 0. The molecule has 0 radical (unpaired) electrons. The second-order valence-electron chi connectivity index (χ2n) is 5.13. The van der Waals surface area contributed by atoms with E-state index < -0.39 is 71.6 Å². The zero-order valence-corrected chi connectivity index (χ0v) is 26.5. The van der Waals surface area contributed by atoms with Crippen LogP contribution < -0.4 is 169 Å². The molecule has 0 aliphatic heterocycles. The van der Waals surface area contributed by atoms with Gasteiger partial charge in [0.15, 0.2) is 0 Å². The molecule has 0 aromatic heterocycles. The van der Waals surface area contributed by atoms with Crippen molar-refractivity contribution in [2.75, 3.05) is 13.2 Å². The Morgan fingerprint density at radius 3 is 1.50 bits per heavy atom. The van der Waals surface area contributed by atoms with E-state index in [1.165, 1.54) is 0 Å². The summed E-state index contributed by atoms with van der Waals surface area (Å²) >= 11 is 0. The monoisotopic (exact) mass is 528 g/mol. The molecular weight excluding hydrogens is 511 g/mol. The number of aliphatic hydroxyl groups excluding tert-OH is 6. The Labute approximate surface area is 287 Å². The predicted octanol–water partition coefficient (Wildman–Crippen LogP) is -15.1. The van der Waals surface area contributed by atoms with Crippen molar-refractivity contribution in [2.45, 2.75) is 42.7 Å². The fraction of sp³-hybridized carbons (Fsp3) is 1.00. The van der Waals surface area contributed by atoms with E-state index in [1.807, 2.05) is 0 Å². The van der Waals surface area contributed by atoms with Gasteiger partial charge in [0.2, 0.25) is 0 Å². The first-order chi connectivity index (χ1) is 11.3. The van der Waals surface area contributed by atoms with Gasteiger partial charge in [0.25, 0.3) is 7.82 Å². The average Bonchev–Trinajstić information content (AvgIpc) is 2.50. The molecule has 1 aliphatic rings. The maximum atomic E-state index is 11.6. The fourth-order valence-corrected chi connectivity index (χ4v) is 3.50. The van der Waals surface area contributed by atoms with E-state index in [9.17, 15) is 44.2 Å². The summed E-state index contributed by atoms with van der Waals surface area (Å²) in [6.45, 7) is -1.77. The largest absolute Gasteiger partial charge is 1.00 e. The quantitative estimate of drug-likeness (QED) is 0.126. The van der Waals surface area contributed by atoms with Crippen LogP contribution in [0.15, 0.2) is 0 Å². The van der Waals surface area contributed by atoms with Crippen LogP contribution in [0.1, 0.15) is 0 Å². The Balaban J connectivity index is -0.00000208. The molecule has 0 bridgehead atoms. The maximum Gasteiger partial charge on any atom is 1.00 e. The molecule has 0 heterocycles. The van der Waals surface area contributed by atoms with Crippen molar-refractivity contribution in [1.82, 2.24) is 0 Å². The van der Waals surface area contributed by atoms with Crippen molar-refractivity contribution >= 4 is 15.6 Å². The zero-order chi connectivity index (χ0) is 19.6. The Morgan fingerprint density at radius 2 is 1.18 bits per heavy atom. The third-order valence-electron chi connectivity index (χ3n) is 3.18. The van der Waals surface area contributed by atoms with Crippen LogP contribution in [0, 0.1) is 0 Å². The summed E-state index contributed by atoms with van der Waals surface area (Å²) in [7, 11) is -11.0. The second-order valence-corrected chi connectivity index (χ2v) is 7.60. The Morgan fingerprint density at radius 1 is 0.821 bits per heavy atom. The smallest absolute Gasteiger partial charge is 0.790 e. The zero-order valence-electron chi connectivity index (χ0n) is 15.3. The van der Waals surface area contributed by atoms with Gasteiger partial charge in [-0.1, -0.05) is 0 Å². The van der Waals surface area contributed by atoms with Crippen LogP contribution in [0.2, 0.25) is 0 Å². The SMILES string of the molecule is O=P([O-])([O-])OC1[C@@H](O)[C@@H](O)C(OP(=O)([O-])OC[C@H](O)CO)[C@H](O)[C@H]1O.[K+].[K+].[K+]. The van der Waals surface area contributed by atoms with Gasteiger partial charge in [-0.3, -0.25) is 4.57 Å². The first-order valence-electron chi connectivity index (χ1n) is 6.64. The number of phosphoric acid groups is 2. The molecule has 6 N–H and O–H groups in total. The van der Waals surface area contributed by atoms with Crippen LogP contribution in [0.5, 0.6) is 0 Å². The molecule has 8 atom stereocenters. The molecule has 0 spiro atoms. The first-order valence-corrected chi connectivity index (χ1v) is 9.57. The van der Waals surface area contributed by atoms with Crippen LogP contribution in [-0.2, 0) is 22.7 Å². The Kier molecular flexibility index (Phi) is 22.1. The normalized spacial score (nSPS) is 33.5. The summed E-state index contributed by atoms with van der Waals surface area (Å²) in [5.41, 5.74) is 0. The summed E-state index contributed by atoms with van der Waals surface area (Å²) in [6.07, 6.45) is -15.3. The van der Waals surface area contributed by atoms with E-state index in [0.29, 0.717) is 0 Å². The summed E-state index contributed by atoms with van der Waals surface area (Å²) in [5.74, 6) is 0. The molecular formula is C9H17K3O14P2. The standard InChI is InChI=1S/C9H20O14P2.3K/c10-1-3(11)2-21-25(19,20)23-9-6(14)4(12)8(5(13)7(9)15)22-24(16,17)18;;;/h3-15H,1-2H2,(H,19,20)(H2,16,17,18);;;/q;3*+1/p-3/t3-,4-,5+,6-,7-,8?,9?;;;/m1.../s1. The van der Waals surface area contributed by atoms with Gasteiger partial charge in [-0.05, 0) is 0 Å². The van der Waals surface area contributed by atoms with Crippen LogP contribution in [0.25, 0.3) is 0 Å². The van der Waals surface area contributed by atoms with Crippen LogP contribution in [0.3, 0.4) is 0 Å². The molecule has 19 heteroatoms. The third-order valence-corrected chi connectivity index (χ3v) is 4.65. The van der Waals surface area contributed by atoms with Crippen molar-refractivity contribution in [2.24, 2.45) is 0 Å². The molecule has 0 saturated heterocycles. The van der Waals surface area contributed by atoms with E-state index in [1.54, 1.807) is 0 Å². The molecule has 0 aromatic carbocycles. The van der Waals surface area contributed by atoms with Crippen LogP contribution in [0.4, 0.5) is 0 Å². The molecule has 14 nitrogen and oxygen atoms in total. The van der Waals surface area contributed by atoms with Gasteiger partial charge in [-0.25, -0.2) is 0 Å². The van der Waals surface area contributed by atoms with Gasteiger partial charge in [0.05, 0.1) is 21.0 Å².